The van der Waals surface area contributed by atoms with E-state index < -0.39 is 9.52 Å². The van der Waals surface area contributed by atoms with Crippen molar-refractivity contribution in [3.05, 3.63) is 163 Å². The first-order valence-corrected chi connectivity index (χ1v) is 15.7. The van der Waals surface area contributed by atoms with Crippen LogP contribution in [0, 0.1) is 0 Å². The van der Waals surface area contributed by atoms with Crippen LogP contribution in [0.3, 0.4) is 0 Å². The van der Waals surface area contributed by atoms with Crippen molar-refractivity contribution in [1.82, 2.24) is 9.55 Å². The van der Waals surface area contributed by atoms with E-state index in [1.54, 1.807) is 0 Å². The Bertz CT molecular complexity index is 1310. The van der Waals surface area contributed by atoms with Gasteiger partial charge in [0.1, 0.15) is 0 Å². The van der Waals surface area contributed by atoms with Crippen LogP contribution in [-0.2, 0) is 5.16 Å². The molecule has 4 aromatic carbocycles. The topological polar surface area (TPSA) is 17.8 Å². The predicted octanol–water partition coefficient (Wildman–Crippen LogP) is 6.50. The Balaban J connectivity index is 0.000000212. The smallest absolute Gasteiger partial charge is 0.206 e. The van der Waals surface area contributed by atoms with Gasteiger partial charge in [-0.15, -0.1) is 0 Å². The highest BCUT2D eigenvalue weighted by Gasteiger charge is 2.35. The maximum atomic E-state index is 4.37. The number of hydrogen-bond acceptors (Lipinski definition) is 1. The summed E-state index contributed by atoms with van der Waals surface area (Å²) in [6.07, 6.45) is 9.41. The summed E-state index contributed by atoms with van der Waals surface area (Å²) < 4.78 is 2.33. The Kier molecular flexibility index (Phi) is 10.3. The molecule has 0 spiro atoms. The Hall–Kier alpha value is -3.89. The van der Waals surface area contributed by atoms with E-state index in [1.807, 2.05) is 12.5 Å². The molecule has 196 valence electrons. The molecule has 2 nitrogen and oxygen atoms in total. The minimum atomic E-state index is -0.517. The molecular weight excluding hydrogens is 487 g/mol. The van der Waals surface area contributed by atoms with Crippen molar-refractivity contribution < 1.29 is 0 Å². The monoisotopic (exact) mass is 526 g/mol. The van der Waals surface area contributed by atoms with Crippen molar-refractivity contribution in [3.63, 3.8) is 0 Å². The zero-order valence-electron chi connectivity index (χ0n) is 23.4. The molecule has 0 radical (unpaired) electrons. The minimum absolute atomic E-state index is 0.0902. The lowest BCUT2D eigenvalue weighted by Crippen LogP contribution is -2.41. The summed E-state index contributed by atoms with van der Waals surface area (Å²) in [5.41, 5.74) is 6.96. The molecule has 0 atom stereocenters. The van der Waals surface area contributed by atoms with Gasteiger partial charge in [-0.25, -0.2) is 4.98 Å². The number of rotatable bonds is 9. The molecule has 0 fully saturated rings. The molecule has 4 heteroatoms. The third kappa shape index (κ3) is 7.16. The summed E-state index contributed by atoms with van der Waals surface area (Å²) in [5, 5.41) is -0.0902. The first-order valence-electron chi connectivity index (χ1n) is 14.0. The summed E-state index contributed by atoms with van der Waals surface area (Å²) in [7, 11) is -0.517. The maximum Gasteiger partial charge on any atom is 0.206 e. The van der Waals surface area contributed by atoms with Crippen LogP contribution in [-0.4, -0.2) is 25.8 Å². The van der Waals surface area contributed by atoms with Gasteiger partial charge in [0.2, 0.25) is 6.71 Å². The first kappa shape index (κ1) is 28.1. The van der Waals surface area contributed by atoms with Crippen LogP contribution >= 0.6 is 0 Å². The molecule has 5 aromatic rings. The van der Waals surface area contributed by atoms with Gasteiger partial charge in [0.25, 0.3) is 0 Å². The highest BCUT2D eigenvalue weighted by molar-refractivity contribution is 6.84. The number of nitrogens with zero attached hydrogens (tertiary/aromatic N) is 2. The van der Waals surface area contributed by atoms with Crippen LogP contribution in [0.2, 0.25) is 12.9 Å². The fourth-order valence-electron chi connectivity index (χ4n) is 5.24. The summed E-state index contributed by atoms with van der Waals surface area (Å²) in [5.74, 6) is 0. The molecule has 0 aliphatic carbocycles. The molecule has 0 aliphatic heterocycles. The number of imidazole rings is 1. The molecule has 1 aromatic heterocycles. The van der Waals surface area contributed by atoms with Gasteiger partial charge in [-0.1, -0.05) is 157 Å². The molecule has 0 saturated carbocycles. The first-order chi connectivity index (χ1) is 19.1. The molecule has 5 rings (SSSR count). The number of benzene rings is 4. The predicted molar refractivity (Wildman–Crippen MR) is 172 cm³/mol. The third-order valence-electron chi connectivity index (χ3n) is 7.65. The van der Waals surface area contributed by atoms with Crippen LogP contribution in [0.4, 0.5) is 0 Å². The number of allylic oxidation sites excluding steroid dienone is 2. The van der Waals surface area contributed by atoms with Gasteiger partial charge < -0.3 is 4.57 Å². The van der Waals surface area contributed by atoms with Gasteiger partial charge in [-0.05, 0) is 31.4 Å². The largest absolute Gasteiger partial charge is 0.327 e. The number of hydrogen-bond donors (Lipinski definition) is 0. The summed E-state index contributed by atoms with van der Waals surface area (Å²) in [6, 6.07) is 44.3. The van der Waals surface area contributed by atoms with E-state index in [2.05, 4.69) is 164 Å². The van der Waals surface area contributed by atoms with Crippen LogP contribution in [0.25, 0.3) is 0 Å². The van der Waals surface area contributed by atoms with Gasteiger partial charge in [0.15, 0.2) is 0 Å². The van der Waals surface area contributed by atoms with Crippen LogP contribution < -0.4 is 10.9 Å². The Morgan fingerprint density at radius 1 is 0.769 bits per heavy atom. The molecule has 0 amide bonds. The zero-order chi connectivity index (χ0) is 27.3. The molecule has 0 unspecified atom stereocenters. The molecule has 0 N–H and O–H groups in total. The van der Waals surface area contributed by atoms with Crippen LogP contribution in [0.1, 0.15) is 31.4 Å². The maximum absolute atomic E-state index is 4.37. The van der Waals surface area contributed by atoms with Gasteiger partial charge in [0.05, 0.1) is 21.0 Å². The van der Waals surface area contributed by atoms with Crippen molar-refractivity contribution >= 4 is 27.2 Å². The SMILES string of the molecule is CB(c1ccccc1)c1ccccc1.CC=C(C)CC[SiH2]C(c1ccccc1)(c1ccccc1)n1ccnc1. The molecule has 0 aliphatic rings. The second-order valence-electron chi connectivity index (χ2n) is 10.1. The zero-order valence-corrected chi connectivity index (χ0v) is 24.9. The average molecular weight is 527 g/mol. The fourth-order valence-corrected chi connectivity index (χ4v) is 7.98. The van der Waals surface area contributed by atoms with E-state index in [0.717, 1.165) is 0 Å². The lowest BCUT2D eigenvalue weighted by atomic mass is 9.43. The molecule has 39 heavy (non-hydrogen) atoms. The second kappa shape index (κ2) is 14.3. The quantitative estimate of drug-likeness (QED) is 0.158. The summed E-state index contributed by atoms with van der Waals surface area (Å²) >= 11 is 0. The van der Waals surface area contributed by atoms with E-state index in [-0.39, 0.29) is 5.16 Å². The van der Waals surface area contributed by atoms with E-state index in [0.29, 0.717) is 6.71 Å². The van der Waals surface area contributed by atoms with E-state index >= 15 is 0 Å². The van der Waals surface area contributed by atoms with Gasteiger partial charge in [0, 0.05) is 12.4 Å². The number of aromatic nitrogens is 2. The Morgan fingerprint density at radius 3 is 1.64 bits per heavy atom. The van der Waals surface area contributed by atoms with Gasteiger partial charge in [-0.2, -0.15) is 0 Å². The molecule has 1 heterocycles. The van der Waals surface area contributed by atoms with E-state index in [9.17, 15) is 0 Å². The Morgan fingerprint density at radius 2 is 1.23 bits per heavy atom. The van der Waals surface area contributed by atoms with Crippen LogP contribution in [0.15, 0.2) is 152 Å². The van der Waals surface area contributed by atoms with Crippen molar-refractivity contribution in [3.8, 4) is 0 Å². The van der Waals surface area contributed by atoms with Crippen LogP contribution in [0.5, 0.6) is 0 Å². The second-order valence-corrected chi connectivity index (χ2v) is 12.3. The van der Waals surface area contributed by atoms with E-state index in [1.165, 1.54) is 40.1 Å². The van der Waals surface area contributed by atoms with E-state index in [4.69, 9.17) is 0 Å². The third-order valence-corrected chi connectivity index (χ3v) is 10.3. The summed E-state index contributed by atoms with van der Waals surface area (Å²) in [6.45, 7) is 7.09. The molecule has 0 bridgehead atoms. The van der Waals surface area contributed by atoms with Crippen molar-refractivity contribution in [1.29, 1.82) is 0 Å². The minimum Gasteiger partial charge on any atom is -0.327 e. The van der Waals surface area contributed by atoms with Crippen molar-refractivity contribution in [2.24, 2.45) is 0 Å². The fraction of sp³-hybridized carbons (Fsp3) is 0.171. The average Bonchev–Trinajstić information content (AvgIpc) is 3.56. The lowest BCUT2D eigenvalue weighted by molar-refractivity contribution is 0.590. The highest BCUT2D eigenvalue weighted by atomic mass is 28.2. The molecular formula is C35H39BN2Si. The summed E-state index contributed by atoms with van der Waals surface area (Å²) in [4.78, 5) is 4.37. The molecule has 0 saturated heterocycles. The highest BCUT2D eigenvalue weighted by Crippen LogP contribution is 2.34. The standard InChI is InChI=1S/C22H26N2Si.C13H13B/c1-3-19(2)14-17-25-22(24-16-15-23-18-24,20-10-6-4-7-11-20)21-12-8-5-9-13-21;1-14(12-8-4-2-5-9-12)13-10-6-3-7-11-13/h3-13,15-16,18H,14,17,25H2,1-2H3;2-11H,1H3. The normalized spacial score (nSPS) is 11.7. The van der Waals surface area contributed by atoms with Crippen molar-refractivity contribution in [2.75, 3.05) is 0 Å². The lowest BCUT2D eigenvalue weighted by Gasteiger charge is -2.37. The van der Waals surface area contributed by atoms with Gasteiger partial charge in [-0.3, -0.25) is 0 Å². The Labute approximate surface area is 237 Å². The van der Waals surface area contributed by atoms with Gasteiger partial charge >= 0.3 is 0 Å². The van der Waals surface area contributed by atoms with Crippen molar-refractivity contribution in [2.45, 2.75) is 38.3 Å².